The summed E-state index contributed by atoms with van der Waals surface area (Å²) in [5.41, 5.74) is 1.53. The molecule has 0 aromatic heterocycles. The Morgan fingerprint density at radius 2 is 1.92 bits per heavy atom. The lowest BCUT2D eigenvalue weighted by Gasteiger charge is -2.12. The largest absolute Gasteiger partial charge is 0.322 e. The molecule has 2 aromatic carbocycles. The Kier molecular flexibility index (Phi) is 6.08. The smallest absolute Gasteiger partial charge is 0.272 e. The van der Waals surface area contributed by atoms with Crippen molar-refractivity contribution in [2.75, 3.05) is 5.32 Å². The molecule has 0 aliphatic heterocycles. The molecule has 0 saturated heterocycles. The van der Waals surface area contributed by atoms with Gasteiger partial charge in [-0.15, -0.1) is 0 Å². The van der Waals surface area contributed by atoms with Crippen LogP contribution in [0.1, 0.15) is 18.1 Å². The summed E-state index contributed by atoms with van der Waals surface area (Å²) in [6.45, 7) is 3.06. The van der Waals surface area contributed by atoms with Gasteiger partial charge in [0.1, 0.15) is 5.70 Å². The van der Waals surface area contributed by atoms with Crippen molar-refractivity contribution in [3.8, 4) is 0 Å². The van der Waals surface area contributed by atoms with E-state index in [2.05, 4.69) is 10.6 Å². The topological polar surface area (TPSA) is 101 Å². The van der Waals surface area contributed by atoms with Gasteiger partial charge in [0, 0.05) is 29.8 Å². The third-order valence-electron chi connectivity index (χ3n) is 3.40. The van der Waals surface area contributed by atoms with E-state index in [-0.39, 0.29) is 11.4 Å². The molecule has 0 spiro atoms. The second-order valence-corrected chi connectivity index (χ2v) is 5.94. The van der Waals surface area contributed by atoms with Crippen LogP contribution in [0.5, 0.6) is 0 Å². The van der Waals surface area contributed by atoms with E-state index in [0.717, 1.165) is 5.56 Å². The molecule has 0 bridgehead atoms. The van der Waals surface area contributed by atoms with Crippen LogP contribution in [-0.4, -0.2) is 16.7 Å². The number of nitro benzene ring substituents is 1. The van der Waals surface area contributed by atoms with Gasteiger partial charge in [-0.1, -0.05) is 29.8 Å². The predicted molar refractivity (Wildman–Crippen MR) is 99.7 cm³/mol. The molecule has 0 saturated carbocycles. The van der Waals surface area contributed by atoms with Gasteiger partial charge in [-0.2, -0.15) is 0 Å². The molecule has 26 heavy (non-hydrogen) atoms. The molecule has 0 radical (unpaired) electrons. The number of nitrogens with one attached hydrogen (secondary N) is 2. The third kappa shape index (κ3) is 5.15. The monoisotopic (exact) mass is 373 g/mol. The van der Waals surface area contributed by atoms with Crippen LogP contribution in [0.2, 0.25) is 5.02 Å². The van der Waals surface area contributed by atoms with Gasteiger partial charge in [-0.25, -0.2) is 0 Å². The molecule has 134 valence electrons. The number of aryl methyl sites for hydroxylation is 1. The van der Waals surface area contributed by atoms with Gasteiger partial charge >= 0.3 is 0 Å². The van der Waals surface area contributed by atoms with Crippen LogP contribution in [0.4, 0.5) is 11.4 Å². The van der Waals surface area contributed by atoms with Crippen molar-refractivity contribution < 1.29 is 14.5 Å². The van der Waals surface area contributed by atoms with Gasteiger partial charge in [0.15, 0.2) is 0 Å². The first kappa shape index (κ1) is 19.1. The summed E-state index contributed by atoms with van der Waals surface area (Å²) in [6, 6.07) is 10.8. The van der Waals surface area contributed by atoms with E-state index in [1.165, 1.54) is 31.2 Å². The fourth-order valence-corrected chi connectivity index (χ4v) is 2.33. The average Bonchev–Trinajstić information content (AvgIpc) is 2.57. The molecule has 2 rings (SSSR count). The van der Waals surface area contributed by atoms with Gasteiger partial charge < -0.3 is 10.6 Å². The summed E-state index contributed by atoms with van der Waals surface area (Å²) in [5.74, 6) is -1.02. The Morgan fingerprint density at radius 3 is 2.58 bits per heavy atom. The fraction of sp³-hybridized carbons (Fsp3) is 0.111. The van der Waals surface area contributed by atoms with Crippen molar-refractivity contribution in [3.63, 3.8) is 0 Å². The number of nitrogens with zero attached hydrogens (tertiary/aromatic N) is 1. The number of rotatable bonds is 5. The fourth-order valence-electron chi connectivity index (χ4n) is 2.16. The first-order valence-electron chi connectivity index (χ1n) is 7.57. The van der Waals surface area contributed by atoms with Gasteiger partial charge in [0.25, 0.3) is 11.6 Å². The molecule has 2 amide bonds. The molecule has 0 aliphatic rings. The lowest BCUT2D eigenvalue weighted by molar-refractivity contribution is -0.384. The van der Waals surface area contributed by atoms with Crippen molar-refractivity contribution in [1.29, 1.82) is 0 Å². The number of amides is 2. The molecule has 0 aliphatic carbocycles. The van der Waals surface area contributed by atoms with E-state index in [4.69, 9.17) is 11.6 Å². The summed E-state index contributed by atoms with van der Waals surface area (Å²) < 4.78 is 0. The molecule has 0 fully saturated rings. The minimum absolute atomic E-state index is 0.0441. The summed E-state index contributed by atoms with van der Waals surface area (Å²) in [5, 5.41) is 16.5. The average molecular weight is 374 g/mol. The molecule has 7 nitrogen and oxygen atoms in total. The zero-order valence-corrected chi connectivity index (χ0v) is 14.8. The first-order valence-corrected chi connectivity index (χ1v) is 7.95. The summed E-state index contributed by atoms with van der Waals surface area (Å²) in [6.07, 6.45) is 1.36. The number of carbonyl (C=O) groups is 2. The first-order chi connectivity index (χ1) is 12.3. The molecular formula is C18H16ClN3O4. The number of hydrogen-bond donors (Lipinski definition) is 2. The standard InChI is InChI=1S/C18H16ClN3O4/c1-11-6-7-14(19)10-16(11)21-18(24)17(20-12(2)23)9-13-4-3-5-15(8-13)22(25)26/h3-10H,1-2H3,(H,20,23)(H,21,24). The van der Waals surface area contributed by atoms with Gasteiger partial charge in [0.05, 0.1) is 4.92 Å². The van der Waals surface area contributed by atoms with E-state index >= 15 is 0 Å². The van der Waals surface area contributed by atoms with Gasteiger partial charge in [-0.3, -0.25) is 19.7 Å². The Morgan fingerprint density at radius 1 is 1.19 bits per heavy atom. The van der Waals surface area contributed by atoms with Crippen molar-refractivity contribution in [2.24, 2.45) is 0 Å². The van der Waals surface area contributed by atoms with Crippen molar-refractivity contribution in [1.82, 2.24) is 5.32 Å². The number of nitro groups is 1. The van der Waals surface area contributed by atoms with Crippen LogP contribution < -0.4 is 10.6 Å². The van der Waals surface area contributed by atoms with Gasteiger partial charge in [-0.05, 0) is 36.3 Å². The maximum atomic E-state index is 12.6. The molecular weight excluding hydrogens is 358 g/mol. The van der Waals surface area contributed by atoms with Crippen LogP contribution >= 0.6 is 11.6 Å². The van der Waals surface area contributed by atoms with E-state index in [1.807, 2.05) is 0 Å². The Labute approximate surface area is 154 Å². The van der Waals surface area contributed by atoms with E-state index in [0.29, 0.717) is 16.3 Å². The maximum Gasteiger partial charge on any atom is 0.272 e. The lowest BCUT2D eigenvalue weighted by Crippen LogP contribution is -2.29. The van der Waals surface area contributed by atoms with E-state index < -0.39 is 16.7 Å². The van der Waals surface area contributed by atoms with Crippen LogP contribution in [0.15, 0.2) is 48.2 Å². The third-order valence-corrected chi connectivity index (χ3v) is 3.63. The Bertz CT molecular complexity index is 909. The zero-order chi connectivity index (χ0) is 19.3. The van der Waals surface area contributed by atoms with Crippen molar-refractivity contribution >= 4 is 40.9 Å². The molecule has 0 atom stereocenters. The minimum Gasteiger partial charge on any atom is -0.322 e. The van der Waals surface area contributed by atoms with Crippen LogP contribution in [-0.2, 0) is 9.59 Å². The molecule has 0 unspecified atom stereocenters. The predicted octanol–water partition coefficient (Wildman–Crippen LogP) is 3.67. The number of carbonyl (C=O) groups excluding carboxylic acids is 2. The Hall–Kier alpha value is -3.19. The van der Waals surface area contributed by atoms with E-state index in [9.17, 15) is 19.7 Å². The molecule has 2 N–H and O–H groups in total. The van der Waals surface area contributed by atoms with E-state index in [1.54, 1.807) is 31.2 Å². The van der Waals surface area contributed by atoms with Crippen LogP contribution in [0, 0.1) is 17.0 Å². The van der Waals surface area contributed by atoms with Crippen LogP contribution in [0.3, 0.4) is 0 Å². The second kappa shape index (κ2) is 8.26. The van der Waals surface area contributed by atoms with Crippen molar-refractivity contribution in [3.05, 3.63) is 74.4 Å². The number of anilines is 1. The second-order valence-electron chi connectivity index (χ2n) is 5.50. The number of benzene rings is 2. The SMILES string of the molecule is CC(=O)NC(=Cc1cccc([N+](=O)[O-])c1)C(=O)Nc1cc(Cl)ccc1C. The lowest BCUT2D eigenvalue weighted by atomic mass is 10.1. The summed E-state index contributed by atoms with van der Waals surface area (Å²) in [7, 11) is 0. The summed E-state index contributed by atoms with van der Waals surface area (Å²) in [4.78, 5) is 34.3. The highest BCUT2D eigenvalue weighted by molar-refractivity contribution is 6.31. The highest BCUT2D eigenvalue weighted by Crippen LogP contribution is 2.21. The molecule has 0 heterocycles. The zero-order valence-electron chi connectivity index (χ0n) is 14.1. The molecule has 8 heteroatoms. The Balaban J connectivity index is 2.35. The number of halogens is 1. The summed E-state index contributed by atoms with van der Waals surface area (Å²) >= 11 is 5.94. The van der Waals surface area contributed by atoms with Crippen LogP contribution in [0.25, 0.3) is 6.08 Å². The maximum absolute atomic E-state index is 12.6. The van der Waals surface area contributed by atoms with Crippen molar-refractivity contribution in [2.45, 2.75) is 13.8 Å². The quantitative estimate of drug-likeness (QED) is 0.474. The normalized spacial score (nSPS) is 11.0. The molecule has 2 aromatic rings. The number of non-ortho nitro benzene ring substituents is 1. The number of hydrogen-bond acceptors (Lipinski definition) is 4. The highest BCUT2D eigenvalue weighted by atomic mass is 35.5. The highest BCUT2D eigenvalue weighted by Gasteiger charge is 2.14. The minimum atomic E-state index is -0.572. The van der Waals surface area contributed by atoms with Gasteiger partial charge in [0.2, 0.25) is 5.91 Å².